The highest BCUT2D eigenvalue weighted by molar-refractivity contribution is 5.78. The van der Waals surface area contributed by atoms with Crippen molar-refractivity contribution in [1.82, 2.24) is 29.5 Å². The van der Waals surface area contributed by atoms with E-state index in [2.05, 4.69) is 86.7 Å². The van der Waals surface area contributed by atoms with Crippen LogP contribution < -0.4 is 10.9 Å². The van der Waals surface area contributed by atoms with E-state index >= 15 is 0 Å². The molecule has 2 N–H and O–H groups in total. The minimum atomic E-state index is -0.114. The molecular weight excluding hydrogens is 500 g/mol. The van der Waals surface area contributed by atoms with Gasteiger partial charge < -0.3 is 10.3 Å². The van der Waals surface area contributed by atoms with Gasteiger partial charge in [0.25, 0.3) is 0 Å². The summed E-state index contributed by atoms with van der Waals surface area (Å²) < 4.78 is 2.06. The van der Waals surface area contributed by atoms with E-state index in [1.165, 1.54) is 16.7 Å². The SMILES string of the molecule is CCC(C)NC(=O)CN1CCN(C(C)c2ccc(CCc3ccc(-c4cc[nH]c(=O)c4)n4ccnc34)cc2)CC1. The van der Waals surface area contributed by atoms with Crippen LogP contribution in [0.3, 0.4) is 0 Å². The monoisotopic (exact) mass is 540 g/mol. The lowest BCUT2D eigenvalue weighted by molar-refractivity contribution is -0.123. The maximum absolute atomic E-state index is 12.2. The van der Waals surface area contributed by atoms with Crippen molar-refractivity contribution in [2.45, 2.75) is 52.1 Å². The fourth-order valence-corrected chi connectivity index (χ4v) is 5.49. The zero-order valence-electron chi connectivity index (χ0n) is 23.8. The van der Waals surface area contributed by atoms with Crippen LogP contribution in [0.25, 0.3) is 16.9 Å². The number of fused-ring (bicyclic) bond motifs is 1. The predicted octanol–water partition coefficient (Wildman–Crippen LogP) is 4.07. The van der Waals surface area contributed by atoms with Gasteiger partial charge in [-0.3, -0.25) is 23.8 Å². The summed E-state index contributed by atoms with van der Waals surface area (Å²) in [7, 11) is 0. The average Bonchev–Trinajstić information content (AvgIpc) is 3.46. The maximum Gasteiger partial charge on any atom is 0.248 e. The van der Waals surface area contributed by atoms with E-state index in [0.717, 1.165) is 62.3 Å². The molecule has 0 spiro atoms. The molecule has 1 fully saturated rings. The highest BCUT2D eigenvalue weighted by Crippen LogP contribution is 2.24. The lowest BCUT2D eigenvalue weighted by atomic mass is 10.00. The second-order valence-electron chi connectivity index (χ2n) is 10.9. The van der Waals surface area contributed by atoms with Crippen LogP contribution in [0.5, 0.6) is 0 Å². The number of pyridine rings is 2. The fraction of sp³-hybridized carbons (Fsp3) is 0.406. The molecule has 4 aromatic rings. The Morgan fingerprint density at radius 2 is 1.80 bits per heavy atom. The van der Waals surface area contributed by atoms with Crippen molar-refractivity contribution in [3.63, 3.8) is 0 Å². The summed E-state index contributed by atoms with van der Waals surface area (Å²) >= 11 is 0. The molecule has 0 aliphatic carbocycles. The lowest BCUT2D eigenvalue weighted by Gasteiger charge is -2.38. The Labute approximate surface area is 236 Å². The van der Waals surface area contributed by atoms with Crippen LogP contribution in [0, 0.1) is 0 Å². The minimum absolute atomic E-state index is 0.114. The number of aryl methyl sites for hydroxylation is 2. The Bertz CT molecular complexity index is 1480. The van der Waals surface area contributed by atoms with Crippen LogP contribution in [-0.4, -0.2) is 68.8 Å². The molecule has 210 valence electrons. The first-order valence-corrected chi connectivity index (χ1v) is 14.4. The molecule has 4 heterocycles. The van der Waals surface area contributed by atoms with Gasteiger partial charge in [0.15, 0.2) is 0 Å². The van der Waals surface area contributed by atoms with Gasteiger partial charge in [-0.25, -0.2) is 4.98 Å². The van der Waals surface area contributed by atoms with Gasteiger partial charge in [0, 0.05) is 68.5 Å². The molecule has 0 bridgehead atoms. The van der Waals surface area contributed by atoms with E-state index in [1.54, 1.807) is 12.3 Å². The quantitative estimate of drug-likeness (QED) is 0.317. The molecule has 3 aromatic heterocycles. The molecular formula is C32H40N6O2. The standard InChI is InChI=1S/C32H40N6O2/c1-4-23(2)35-31(40)22-36-17-19-37(20-18-36)24(3)26-8-5-25(6-9-26)7-10-27-11-12-29(38-16-15-34-32(27)38)28-13-14-33-30(39)21-28/h5-6,8-9,11-16,21,23-24H,4,7,10,17-20,22H2,1-3H3,(H,33,39)(H,35,40). The number of hydrogen-bond acceptors (Lipinski definition) is 5. The van der Waals surface area contributed by atoms with Gasteiger partial charge in [0.05, 0.1) is 12.2 Å². The highest BCUT2D eigenvalue weighted by Gasteiger charge is 2.23. The topological polar surface area (TPSA) is 85.7 Å². The van der Waals surface area contributed by atoms with Crippen molar-refractivity contribution < 1.29 is 4.79 Å². The van der Waals surface area contributed by atoms with E-state index in [1.807, 2.05) is 18.5 Å². The molecule has 5 rings (SSSR count). The summed E-state index contributed by atoms with van der Waals surface area (Å²) in [5.41, 5.74) is 6.45. The van der Waals surface area contributed by atoms with Crippen LogP contribution in [0.1, 0.15) is 49.9 Å². The summed E-state index contributed by atoms with van der Waals surface area (Å²) in [5.74, 6) is 0.128. The van der Waals surface area contributed by atoms with Crippen LogP contribution in [0.15, 0.2) is 71.9 Å². The number of H-pyrrole nitrogens is 1. The van der Waals surface area contributed by atoms with Crippen LogP contribution in [0.4, 0.5) is 0 Å². The first-order chi connectivity index (χ1) is 19.4. The van der Waals surface area contributed by atoms with Gasteiger partial charge in [-0.1, -0.05) is 37.3 Å². The number of benzene rings is 1. The van der Waals surface area contributed by atoms with E-state index in [0.29, 0.717) is 12.6 Å². The van der Waals surface area contributed by atoms with Gasteiger partial charge in [0.1, 0.15) is 5.65 Å². The molecule has 0 saturated carbocycles. The normalized spacial score (nSPS) is 16.2. The predicted molar refractivity (Wildman–Crippen MR) is 159 cm³/mol. The molecule has 2 atom stereocenters. The van der Waals surface area contributed by atoms with Crippen molar-refractivity contribution in [3.05, 3.63) is 94.2 Å². The lowest BCUT2D eigenvalue weighted by Crippen LogP contribution is -2.50. The summed E-state index contributed by atoms with van der Waals surface area (Å²) in [5, 5.41) is 3.07. The van der Waals surface area contributed by atoms with E-state index in [9.17, 15) is 9.59 Å². The molecule has 8 heteroatoms. The zero-order chi connectivity index (χ0) is 28.1. The maximum atomic E-state index is 12.2. The molecule has 1 aliphatic rings. The third-order valence-corrected chi connectivity index (χ3v) is 8.19. The van der Waals surface area contributed by atoms with Crippen molar-refractivity contribution in [2.75, 3.05) is 32.7 Å². The molecule has 1 aliphatic heterocycles. The number of nitrogens with zero attached hydrogens (tertiary/aromatic N) is 4. The number of rotatable bonds is 10. The number of hydrogen-bond donors (Lipinski definition) is 2. The number of imidazole rings is 1. The fourth-order valence-electron chi connectivity index (χ4n) is 5.49. The molecule has 40 heavy (non-hydrogen) atoms. The van der Waals surface area contributed by atoms with Gasteiger partial charge in [-0.05, 0) is 61.9 Å². The first-order valence-electron chi connectivity index (χ1n) is 14.4. The minimum Gasteiger partial charge on any atom is -0.353 e. The van der Waals surface area contributed by atoms with E-state index in [4.69, 9.17) is 0 Å². The zero-order valence-corrected chi connectivity index (χ0v) is 23.8. The van der Waals surface area contributed by atoms with Crippen molar-refractivity contribution in [3.8, 4) is 11.3 Å². The van der Waals surface area contributed by atoms with Crippen LogP contribution in [-0.2, 0) is 17.6 Å². The Morgan fingerprint density at radius 3 is 2.52 bits per heavy atom. The largest absolute Gasteiger partial charge is 0.353 e. The molecule has 1 amide bonds. The molecule has 0 radical (unpaired) electrons. The number of carbonyl (C=O) groups excluding carboxylic acids is 1. The number of piperazine rings is 1. The van der Waals surface area contributed by atoms with Crippen molar-refractivity contribution in [2.24, 2.45) is 0 Å². The molecule has 2 unspecified atom stereocenters. The van der Waals surface area contributed by atoms with Gasteiger partial charge in [-0.2, -0.15) is 0 Å². The van der Waals surface area contributed by atoms with Crippen molar-refractivity contribution in [1.29, 1.82) is 0 Å². The molecule has 1 saturated heterocycles. The third-order valence-electron chi connectivity index (χ3n) is 8.19. The second kappa shape index (κ2) is 12.6. The Balaban J connectivity index is 1.16. The second-order valence-corrected chi connectivity index (χ2v) is 10.9. The Kier molecular flexibility index (Phi) is 8.77. The van der Waals surface area contributed by atoms with Crippen LogP contribution in [0.2, 0.25) is 0 Å². The number of amides is 1. The Hall–Kier alpha value is -3.75. The summed E-state index contributed by atoms with van der Waals surface area (Å²) in [6, 6.07) is 17.3. The number of nitrogens with one attached hydrogen (secondary N) is 2. The number of carbonyl (C=O) groups is 1. The molecule has 8 nitrogen and oxygen atoms in total. The summed E-state index contributed by atoms with van der Waals surface area (Å²) in [6.07, 6.45) is 8.21. The van der Waals surface area contributed by atoms with E-state index in [-0.39, 0.29) is 17.5 Å². The van der Waals surface area contributed by atoms with Gasteiger partial charge in [-0.15, -0.1) is 0 Å². The summed E-state index contributed by atoms with van der Waals surface area (Å²) in [4.78, 5) is 36.1. The highest BCUT2D eigenvalue weighted by atomic mass is 16.2. The van der Waals surface area contributed by atoms with E-state index < -0.39 is 0 Å². The first kappa shape index (κ1) is 27.8. The Morgan fingerprint density at radius 1 is 1.02 bits per heavy atom. The van der Waals surface area contributed by atoms with Gasteiger partial charge in [0.2, 0.25) is 11.5 Å². The number of aromatic nitrogens is 3. The summed E-state index contributed by atoms with van der Waals surface area (Å²) in [6.45, 7) is 10.7. The van der Waals surface area contributed by atoms with Crippen LogP contribution >= 0.6 is 0 Å². The number of aromatic amines is 1. The molecule has 1 aromatic carbocycles. The van der Waals surface area contributed by atoms with Crippen molar-refractivity contribution >= 4 is 11.6 Å². The smallest absolute Gasteiger partial charge is 0.248 e. The van der Waals surface area contributed by atoms with Gasteiger partial charge >= 0.3 is 0 Å². The third kappa shape index (κ3) is 6.51. The average molecular weight is 541 g/mol.